The van der Waals surface area contributed by atoms with Crippen LogP contribution < -0.4 is 0 Å². The Morgan fingerprint density at radius 3 is 2.26 bits per heavy atom. The van der Waals surface area contributed by atoms with Crippen LogP contribution >= 0.6 is 0 Å². The van der Waals surface area contributed by atoms with Gasteiger partial charge in [0.1, 0.15) is 24.4 Å². The van der Waals surface area contributed by atoms with Crippen LogP contribution in [-0.2, 0) is 16.1 Å². The van der Waals surface area contributed by atoms with Crippen LogP contribution in [0.15, 0.2) is 30.3 Å². The Morgan fingerprint density at radius 2 is 1.74 bits per heavy atom. The van der Waals surface area contributed by atoms with Gasteiger partial charge in [-0.05, 0) is 5.56 Å². The van der Waals surface area contributed by atoms with Gasteiger partial charge in [0.05, 0.1) is 13.2 Å². The Bertz CT molecular complexity index is 369. The molecular weight excluding hydrogens is 252 g/mol. The summed E-state index contributed by atoms with van der Waals surface area (Å²) < 4.78 is 5.18. The van der Waals surface area contributed by atoms with E-state index in [1.165, 1.54) is 0 Å². The molecule has 4 N–H and O–H groups in total. The summed E-state index contributed by atoms with van der Waals surface area (Å²) in [5, 5.41) is 37.0. The number of aliphatic hydroxyl groups is 4. The molecule has 6 nitrogen and oxygen atoms in total. The molecule has 0 aromatic heterocycles. The molecule has 0 aliphatic carbocycles. The second kappa shape index (κ2) is 7.98. The number of aliphatic hydroxyl groups excluding tert-OH is 4. The first-order chi connectivity index (χ1) is 9.10. The van der Waals surface area contributed by atoms with Gasteiger partial charge in [0.2, 0.25) is 0 Å². The van der Waals surface area contributed by atoms with Gasteiger partial charge in [0, 0.05) is 0 Å². The minimum atomic E-state index is -1.66. The zero-order chi connectivity index (χ0) is 14.3. The number of ether oxygens (including phenoxy) is 1. The van der Waals surface area contributed by atoms with Gasteiger partial charge in [-0.2, -0.15) is 0 Å². The van der Waals surface area contributed by atoms with Crippen molar-refractivity contribution in [3.8, 4) is 0 Å². The molecule has 0 fully saturated rings. The van der Waals surface area contributed by atoms with E-state index in [2.05, 4.69) is 0 Å². The third-order valence-electron chi connectivity index (χ3n) is 2.69. The molecule has 1 aromatic rings. The molecule has 6 heteroatoms. The van der Waals surface area contributed by atoms with Gasteiger partial charge < -0.3 is 30.0 Å². The maximum atomic E-state index is 10.8. The molecule has 0 spiro atoms. The Hall–Kier alpha value is -1.31. The molecule has 0 aliphatic rings. The molecule has 0 amide bonds. The molecule has 0 radical (unpaired) electrons. The number of hydrogen-bond donors (Lipinski definition) is 4. The minimum absolute atomic E-state index is 0.0866. The van der Waals surface area contributed by atoms with Gasteiger partial charge in [-0.15, -0.1) is 0 Å². The van der Waals surface area contributed by atoms with Crippen molar-refractivity contribution in [2.75, 3.05) is 6.61 Å². The third-order valence-corrected chi connectivity index (χ3v) is 2.69. The van der Waals surface area contributed by atoms with Crippen molar-refractivity contribution in [2.24, 2.45) is 0 Å². The Balaban J connectivity index is 2.55. The van der Waals surface area contributed by atoms with Crippen LogP contribution in [0, 0.1) is 0 Å². The van der Waals surface area contributed by atoms with Crippen molar-refractivity contribution in [2.45, 2.75) is 31.0 Å². The molecule has 1 aromatic carbocycles. The predicted octanol–water partition coefficient (Wildman–Crippen LogP) is -1.15. The average Bonchev–Trinajstić information content (AvgIpc) is 2.47. The molecule has 0 saturated heterocycles. The highest BCUT2D eigenvalue weighted by atomic mass is 16.5. The van der Waals surface area contributed by atoms with Gasteiger partial charge in [-0.1, -0.05) is 30.3 Å². The highest BCUT2D eigenvalue weighted by molar-refractivity contribution is 5.57. The summed E-state index contributed by atoms with van der Waals surface area (Å²) in [5.74, 6) is 0. The Morgan fingerprint density at radius 1 is 1.11 bits per heavy atom. The lowest BCUT2D eigenvalue weighted by Crippen LogP contribution is -2.47. The van der Waals surface area contributed by atoms with E-state index in [4.69, 9.17) is 9.84 Å². The van der Waals surface area contributed by atoms with Gasteiger partial charge in [-0.3, -0.25) is 0 Å². The van der Waals surface area contributed by atoms with Crippen LogP contribution in [0.25, 0.3) is 0 Å². The van der Waals surface area contributed by atoms with Gasteiger partial charge in [0.15, 0.2) is 6.29 Å². The van der Waals surface area contributed by atoms with Gasteiger partial charge in [0.25, 0.3) is 0 Å². The molecule has 1 rings (SSSR count). The summed E-state index contributed by atoms with van der Waals surface area (Å²) in [6, 6.07) is 9.00. The Kier molecular flexibility index (Phi) is 6.61. The van der Waals surface area contributed by atoms with E-state index in [9.17, 15) is 20.1 Å². The van der Waals surface area contributed by atoms with Crippen molar-refractivity contribution in [1.82, 2.24) is 0 Å². The molecule has 0 heterocycles. The fourth-order valence-corrected chi connectivity index (χ4v) is 1.51. The minimum Gasteiger partial charge on any atom is -0.394 e. The number of rotatable bonds is 8. The normalized spacial score (nSPS) is 17.5. The predicted molar refractivity (Wildman–Crippen MR) is 66.2 cm³/mol. The monoisotopic (exact) mass is 270 g/mol. The smallest absolute Gasteiger partial charge is 0.151 e. The highest BCUT2D eigenvalue weighted by Gasteiger charge is 2.31. The molecule has 4 atom stereocenters. The van der Waals surface area contributed by atoms with Gasteiger partial charge in [-0.25, -0.2) is 0 Å². The molecular formula is C13H18O6. The summed E-state index contributed by atoms with van der Waals surface area (Å²) in [6.07, 6.45) is -5.73. The van der Waals surface area contributed by atoms with E-state index < -0.39 is 31.0 Å². The van der Waals surface area contributed by atoms with Gasteiger partial charge >= 0.3 is 0 Å². The second-order valence-electron chi connectivity index (χ2n) is 4.13. The van der Waals surface area contributed by atoms with Crippen LogP contribution in [0.3, 0.4) is 0 Å². The van der Waals surface area contributed by atoms with E-state index in [-0.39, 0.29) is 6.61 Å². The number of hydrogen-bond acceptors (Lipinski definition) is 6. The standard InChI is InChI=1S/C13H18O6/c14-6-10(16)12(17)13(18)11(7-15)19-8-9-4-2-1-3-5-9/h1-5,7,10-14,16-18H,6,8H2/t10-,11+,12+,13-/m1/s1. The topological polar surface area (TPSA) is 107 Å². The fourth-order valence-electron chi connectivity index (χ4n) is 1.51. The average molecular weight is 270 g/mol. The lowest BCUT2D eigenvalue weighted by atomic mass is 10.0. The molecule has 106 valence electrons. The van der Waals surface area contributed by atoms with Crippen LogP contribution in [0.5, 0.6) is 0 Å². The van der Waals surface area contributed by atoms with Crippen molar-refractivity contribution >= 4 is 6.29 Å². The lowest BCUT2D eigenvalue weighted by Gasteiger charge is -2.25. The van der Waals surface area contributed by atoms with E-state index >= 15 is 0 Å². The van der Waals surface area contributed by atoms with E-state index in [1.54, 1.807) is 24.3 Å². The SMILES string of the molecule is O=C[C@H](OCc1ccccc1)[C@@H](O)[C@@H](O)[C@H](O)CO. The first-order valence-electron chi connectivity index (χ1n) is 5.86. The lowest BCUT2D eigenvalue weighted by molar-refractivity contribution is -0.147. The zero-order valence-corrected chi connectivity index (χ0v) is 10.3. The second-order valence-corrected chi connectivity index (χ2v) is 4.13. The zero-order valence-electron chi connectivity index (χ0n) is 10.3. The summed E-state index contributed by atoms with van der Waals surface area (Å²) in [5.41, 5.74) is 0.804. The number of carbonyl (C=O) groups is 1. The maximum absolute atomic E-state index is 10.8. The summed E-state index contributed by atoms with van der Waals surface area (Å²) in [6.45, 7) is -0.633. The maximum Gasteiger partial charge on any atom is 0.151 e. The summed E-state index contributed by atoms with van der Waals surface area (Å²) in [4.78, 5) is 10.8. The molecule has 0 unspecified atom stereocenters. The van der Waals surface area contributed by atoms with Crippen LogP contribution in [-0.4, -0.2) is 57.7 Å². The summed E-state index contributed by atoms with van der Waals surface area (Å²) in [7, 11) is 0. The van der Waals surface area contributed by atoms with Crippen molar-refractivity contribution in [1.29, 1.82) is 0 Å². The molecule has 0 bridgehead atoms. The van der Waals surface area contributed by atoms with Crippen LogP contribution in [0.4, 0.5) is 0 Å². The number of carbonyl (C=O) groups excluding carboxylic acids is 1. The fraction of sp³-hybridized carbons (Fsp3) is 0.462. The molecule has 0 aliphatic heterocycles. The third kappa shape index (κ3) is 4.70. The first kappa shape index (κ1) is 15.7. The number of aldehydes is 1. The van der Waals surface area contributed by atoms with E-state index in [0.717, 1.165) is 5.56 Å². The van der Waals surface area contributed by atoms with E-state index in [1.807, 2.05) is 6.07 Å². The highest BCUT2D eigenvalue weighted by Crippen LogP contribution is 2.10. The molecule has 19 heavy (non-hydrogen) atoms. The quantitative estimate of drug-likeness (QED) is 0.444. The first-order valence-corrected chi connectivity index (χ1v) is 5.86. The van der Waals surface area contributed by atoms with Crippen LogP contribution in [0.1, 0.15) is 5.56 Å². The molecule has 0 saturated carbocycles. The Labute approximate surface area is 110 Å². The number of benzene rings is 1. The summed E-state index contributed by atoms with van der Waals surface area (Å²) >= 11 is 0. The van der Waals surface area contributed by atoms with E-state index in [0.29, 0.717) is 6.29 Å². The van der Waals surface area contributed by atoms with Crippen molar-refractivity contribution in [3.05, 3.63) is 35.9 Å². The van der Waals surface area contributed by atoms with Crippen molar-refractivity contribution in [3.63, 3.8) is 0 Å². The largest absolute Gasteiger partial charge is 0.394 e. The van der Waals surface area contributed by atoms with Crippen LogP contribution in [0.2, 0.25) is 0 Å². The van der Waals surface area contributed by atoms with Crippen molar-refractivity contribution < 1.29 is 30.0 Å².